The van der Waals surface area contributed by atoms with Gasteiger partial charge in [-0.2, -0.15) is 0 Å². The van der Waals surface area contributed by atoms with Crippen LogP contribution in [0.1, 0.15) is 47.6 Å². The van der Waals surface area contributed by atoms with Gasteiger partial charge in [0.15, 0.2) is 5.16 Å². The maximum absolute atomic E-state index is 13.0. The summed E-state index contributed by atoms with van der Waals surface area (Å²) in [7, 11) is 0. The van der Waals surface area contributed by atoms with E-state index in [1.54, 1.807) is 34.4 Å². The summed E-state index contributed by atoms with van der Waals surface area (Å²) >= 11 is 6.52. The molecule has 1 aliphatic rings. The number of H-pyrrole nitrogens is 1. The second-order valence-corrected chi connectivity index (χ2v) is 11.9. The fourth-order valence-corrected chi connectivity index (χ4v) is 7.23. The molecule has 0 spiro atoms. The van der Waals surface area contributed by atoms with Gasteiger partial charge in [0, 0.05) is 33.2 Å². The first-order valence-electron chi connectivity index (χ1n) is 10.4. The lowest BCUT2D eigenvalue weighted by Gasteiger charge is -2.12. The standard InChI is InChI=1S/C22H19N5OS4/c1-12(19-23-20(28)18-15(11-31-21(18)24-19)16-5-3-9-30-16)32-22-26-25-17(27(22)13-6-7-13)10-14-4-2-8-29-14/h2-5,8-9,11-13H,6-7,10H2,1H3,(H,23,24,28). The monoisotopic (exact) mass is 497 g/mol. The van der Waals surface area contributed by atoms with Crippen LogP contribution in [0.3, 0.4) is 0 Å². The number of thiophene rings is 3. The molecule has 32 heavy (non-hydrogen) atoms. The Balaban J connectivity index is 1.30. The lowest BCUT2D eigenvalue weighted by atomic mass is 10.2. The van der Waals surface area contributed by atoms with Crippen molar-refractivity contribution in [1.82, 2.24) is 24.7 Å². The van der Waals surface area contributed by atoms with Crippen LogP contribution in [0.25, 0.3) is 20.7 Å². The highest BCUT2D eigenvalue weighted by Crippen LogP contribution is 2.42. The van der Waals surface area contributed by atoms with Crippen molar-refractivity contribution in [3.8, 4) is 10.4 Å². The Labute approximate surface area is 200 Å². The van der Waals surface area contributed by atoms with Crippen LogP contribution in [0.4, 0.5) is 0 Å². The molecule has 0 bridgehead atoms. The molecule has 10 heteroatoms. The van der Waals surface area contributed by atoms with E-state index in [0.29, 0.717) is 17.3 Å². The number of fused-ring (bicyclic) bond motifs is 1. The summed E-state index contributed by atoms with van der Waals surface area (Å²) in [5.74, 6) is 1.69. The molecule has 5 aromatic rings. The van der Waals surface area contributed by atoms with E-state index in [1.165, 1.54) is 29.1 Å². The van der Waals surface area contributed by atoms with Gasteiger partial charge in [-0.15, -0.1) is 44.2 Å². The van der Waals surface area contributed by atoms with Gasteiger partial charge < -0.3 is 9.55 Å². The number of hydrogen-bond donors (Lipinski definition) is 1. The van der Waals surface area contributed by atoms with Crippen LogP contribution in [-0.2, 0) is 6.42 Å². The van der Waals surface area contributed by atoms with Crippen molar-refractivity contribution < 1.29 is 0 Å². The van der Waals surface area contributed by atoms with E-state index >= 15 is 0 Å². The van der Waals surface area contributed by atoms with E-state index in [0.717, 1.165) is 32.7 Å². The average molecular weight is 498 g/mol. The topological polar surface area (TPSA) is 76.5 Å². The van der Waals surface area contributed by atoms with Crippen LogP contribution >= 0.6 is 45.8 Å². The number of nitrogens with one attached hydrogen (secondary N) is 1. The summed E-state index contributed by atoms with van der Waals surface area (Å²) < 4.78 is 2.29. The minimum atomic E-state index is -0.0795. The van der Waals surface area contributed by atoms with Crippen LogP contribution in [0.5, 0.6) is 0 Å². The third-order valence-electron chi connectivity index (χ3n) is 5.48. The van der Waals surface area contributed by atoms with E-state index in [1.807, 2.05) is 22.9 Å². The zero-order valence-corrected chi connectivity index (χ0v) is 20.4. The predicted octanol–water partition coefficient (Wildman–Crippen LogP) is 6.15. The lowest BCUT2D eigenvalue weighted by Crippen LogP contribution is -2.12. The van der Waals surface area contributed by atoms with E-state index < -0.39 is 0 Å². The molecular formula is C22H19N5OS4. The van der Waals surface area contributed by atoms with Gasteiger partial charge >= 0.3 is 0 Å². The molecule has 1 unspecified atom stereocenters. The number of hydrogen-bond acceptors (Lipinski definition) is 8. The Morgan fingerprint density at radius 1 is 1.19 bits per heavy atom. The van der Waals surface area contributed by atoms with Gasteiger partial charge in [0.2, 0.25) is 0 Å². The smallest absolute Gasteiger partial charge is 0.260 e. The van der Waals surface area contributed by atoms with Crippen LogP contribution in [0, 0.1) is 0 Å². The Kier molecular flexibility index (Phi) is 5.25. The summed E-state index contributed by atoms with van der Waals surface area (Å²) in [5, 5.41) is 16.7. The van der Waals surface area contributed by atoms with Gasteiger partial charge in [-0.25, -0.2) is 4.98 Å². The number of thioether (sulfide) groups is 1. The molecule has 0 radical (unpaired) electrons. The minimum absolute atomic E-state index is 0.0457. The van der Waals surface area contributed by atoms with Gasteiger partial charge in [-0.05, 0) is 42.7 Å². The molecule has 1 atom stereocenters. The highest BCUT2D eigenvalue weighted by Gasteiger charge is 2.31. The Morgan fingerprint density at radius 2 is 2.03 bits per heavy atom. The summed E-state index contributed by atoms with van der Waals surface area (Å²) in [6.07, 6.45) is 3.14. The first kappa shape index (κ1) is 20.3. The lowest BCUT2D eigenvalue weighted by molar-refractivity contribution is 0.633. The molecule has 5 heterocycles. The molecule has 6 rings (SSSR count). The van der Waals surface area contributed by atoms with Crippen LogP contribution in [0.2, 0.25) is 0 Å². The van der Waals surface area contributed by atoms with Crippen LogP contribution in [-0.4, -0.2) is 24.7 Å². The van der Waals surface area contributed by atoms with Crippen molar-refractivity contribution in [1.29, 1.82) is 0 Å². The summed E-state index contributed by atoms with van der Waals surface area (Å²) in [5.41, 5.74) is 0.886. The molecule has 0 aromatic carbocycles. The van der Waals surface area contributed by atoms with Crippen molar-refractivity contribution in [3.05, 3.63) is 67.3 Å². The zero-order chi connectivity index (χ0) is 21.7. The number of rotatable bonds is 7. The Hall–Kier alpha value is -2.27. The first-order chi connectivity index (χ1) is 15.7. The van der Waals surface area contributed by atoms with Gasteiger partial charge in [0.1, 0.15) is 16.5 Å². The second kappa shape index (κ2) is 8.26. The van der Waals surface area contributed by atoms with E-state index in [9.17, 15) is 4.79 Å². The molecule has 1 aliphatic carbocycles. The second-order valence-electron chi connectivity index (χ2n) is 7.77. The predicted molar refractivity (Wildman–Crippen MR) is 133 cm³/mol. The fourth-order valence-electron chi connectivity index (χ4n) is 3.76. The van der Waals surface area contributed by atoms with Gasteiger partial charge in [0.05, 0.1) is 10.6 Å². The molecular weight excluding hydrogens is 479 g/mol. The molecule has 162 valence electrons. The quantitative estimate of drug-likeness (QED) is 0.273. The highest BCUT2D eigenvalue weighted by atomic mass is 32.2. The normalized spacial score (nSPS) is 14.9. The largest absolute Gasteiger partial charge is 0.309 e. The molecule has 0 saturated heterocycles. The number of aromatic nitrogens is 5. The maximum Gasteiger partial charge on any atom is 0.260 e. The third kappa shape index (κ3) is 3.75. The molecule has 1 saturated carbocycles. The highest BCUT2D eigenvalue weighted by molar-refractivity contribution is 7.99. The van der Waals surface area contributed by atoms with Gasteiger partial charge in [-0.3, -0.25) is 4.79 Å². The molecule has 6 nitrogen and oxygen atoms in total. The SMILES string of the molecule is CC(Sc1nnc(Cc2cccs2)n1C1CC1)c1nc2scc(-c3cccs3)c2c(=O)[nH]1. The molecule has 0 amide bonds. The zero-order valence-electron chi connectivity index (χ0n) is 17.1. The van der Waals surface area contributed by atoms with Gasteiger partial charge in [0.25, 0.3) is 5.56 Å². The van der Waals surface area contributed by atoms with Crippen LogP contribution < -0.4 is 5.56 Å². The Morgan fingerprint density at radius 3 is 2.78 bits per heavy atom. The fraction of sp³-hybridized carbons (Fsp3) is 0.273. The van der Waals surface area contributed by atoms with Gasteiger partial charge in [-0.1, -0.05) is 23.9 Å². The third-order valence-corrected chi connectivity index (χ3v) is 9.19. The number of aromatic amines is 1. The summed E-state index contributed by atoms with van der Waals surface area (Å²) in [6, 6.07) is 8.73. The van der Waals surface area contributed by atoms with Crippen LogP contribution in [0.15, 0.2) is 50.4 Å². The van der Waals surface area contributed by atoms with Crippen molar-refractivity contribution in [2.45, 2.75) is 42.6 Å². The van der Waals surface area contributed by atoms with Crippen molar-refractivity contribution in [2.24, 2.45) is 0 Å². The first-order valence-corrected chi connectivity index (χ1v) is 13.9. The van der Waals surface area contributed by atoms with E-state index in [-0.39, 0.29) is 10.8 Å². The summed E-state index contributed by atoms with van der Waals surface area (Å²) in [4.78, 5) is 24.0. The van der Waals surface area contributed by atoms with E-state index in [4.69, 9.17) is 4.98 Å². The maximum atomic E-state index is 13.0. The molecule has 5 aromatic heterocycles. The minimum Gasteiger partial charge on any atom is -0.309 e. The Bertz CT molecular complexity index is 1430. The van der Waals surface area contributed by atoms with Crippen molar-refractivity contribution in [2.75, 3.05) is 0 Å². The van der Waals surface area contributed by atoms with Crippen molar-refractivity contribution >= 4 is 56.0 Å². The number of nitrogens with zero attached hydrogens (tertiary/aromatic N) is 4. The van der Waals surface area contributed by atoms with Crippen molar-refractivity contribution in [3.63, 3.8) is 0 Å². The molecule has 1 N–H and O–H groups in total. The molecule has 1 fully saturated rings. The summed E-state index contributed by atoms with van der Waals surface area (Å²) in [6.45, 7) is 2.06. The molecule has 0 aliphatic heterocycles. The average Bonchev–Trinajstić information content (AvgIpc) is 3.25. The van der Waals surface area contributed by atoms with E-state index in [2.05, 4.69) is 44.2 Å².